The van der Waals surface area contributed by atoms with Crippen molar-refractivity contribution in [3.05, 3.63) is 35.4 Å². The predicted octanol–water partition coefficient (Wildman–Crippen LogP) is 3.98. The number of carboxylic acids is 1. The zero-order valence-electron chi connectivity index (χ0n) is 27.0. The maximum Gasteiger partial charge on any atom is 0.410 e. The summed E-state index contributed by atoms with van der Waals surface area (Å²) in [6.07, 6.45) is 0.441. The van der Waals surface area contributed by atoms with Gasteiger partial charge >= 0.3 is 18.0 Å². The van der Waals surface area contributed by atoms with Crippen LogP contribution in [0.25, 0.3) is 0 Å². The molecule has 12 nitrogen and oxygen atoms in total. The van der Waals surface area contributed by atoms with E-state index < -0.39 is 54.0 Å². The number of benzene rings is 1. The second kappa shape index (κ2) is 17.7. The normalized spacial score (nSPS) is 18.7. The molecular weight excluding hydrogens is 594 g/mol. The van der Waals surface area contributed by atoms with Crippen molar-refractivity contribution in [3.8, 4) is 0 Å². The number of carboxylic acid groups (broad SMARTS) is 1. The number of carbonyl (C=O) groups is 6. The van der Waals surface area contributed by atoms with E-state index in [0.29, 0.717) is 32.4 Å². The van der Waals surface area contributed by atoms with E-state index in [1.807, 2.05) is 38.1 Å². The Bertz CT molecular complexity index is 1250. The zero-order valence-corrected chi connectivity index (χ0v) is 27.0. The first-order valence-electron chi connectivity index (χ1n) is 15.8. The van der Waals surface area contributed by atoms with Crippen LogP contribution in [0, 0.1) is 17.8 Å². The van der Waals surface area contributed by atoms with Gasteiger partial charge in [-0.3, -0.25) is 19.2 Å². The van der Waals surface area contributed by atoms with Crippen molar-refractivity contribution in [2.45, 2.75) is 105 Å². The molecule has 3 amide bonds. The molecule has 1 aromatic rings. The Morgan fingerprint density at radius 2 is 1.63 bits per heavy atom. The van der Waals surface area contributed by atoms with Crippen molar-refractivity contribution in [2.24, 2.45) is 17.8 Å². The van der Waals surface area contributed by atoms with Crippen molar-refractivity contribution in [3.63, 3.8) is 0 Å². The largest absolute Gasteiger partial charge is 0.481 e. The Labute approximate surface area is 272 Å². The predicted molar refractivity (Wildman–Crippen MR) is 171 cm³/mol. The van der Waals surface area contributed by atoms with Crippen LogP contribution < -0.4 is 5.32 Å². The SMILES string of the molecule is C.COC(=O)[C@@H]1C[C@@H](OC(=O)N2CCc3ccccc3C2)CN1C(=O)[C@@H](NC(=O)[C@@H](CC(=O)CCCCC(=O)O)C(C)C)C(C)C. The summed E-state index contributed by atoms with van der Waals surface area (Å²) in [4.78, 5) is 79.5. The molecule has 0 spiro atoms. The average Bonchev–Trinajstić information content (AvgIpc) is 3.42. The number of methoxy groups -OCH3 is 1. The minimum atomic E-state index is -0.996. The number of rotatable bonds is 14. The van der Waals surface area contributed by atoms with E-state index in [0.717, 1.165) is 5.56 Å². The van der Waals surface area contributed by atoms with E-state index in [1.165, 1.54) is 17.6 Å². The summed E-state index contributed by atoms with van der Waals surface area (Å²) in [5.74, 6) is -3.89. The highest BCUT2D eigenvalue weighted by Gasteiger charge is 2.45. The van der Waals surface area contributed by atoms with Crippen LogP contribution in [0.4, 0.5) is 4.79 Å². The van der Waals surface area contributed by atoms with Crippen LogP contribution in [0.1, 0.15) is 84.8 Å². The van der Waals surface area contributed by atoms with E-state index in [1.54, 1.807) is 18.7 Å². The highest BCUT2D eigenvalue weighted by atomic mass is 16.6. The van der Waals surface area contributed by atoms with Crippen molar-refractivity contribution in [2.75, 3.05) is 20.2 Å². The summed E-state index contributed by atoms with van der Waals surface area (Å²) >= 11 is 0. The summed E-state index contributed by atoms with van der Waals surface area (Å²) in [5, 5.41) is 11.6. The standard InChI is InChI=1S/C33H47N3O9.CH4/c1-20(2)26(16-24(37)12-8-9-13-28(38)39)30(40)34-29(21(3)4)31(41)36-19-25(17-27(36)32(42)44-5)45-33(43)35-15-14-22-10-6-7-11-23(22)18-35;/h6-7,10-11,20-21,25-27,29H,8-9,12-19H2,1-5H3,(H,34,40)(H,38,39);1H4/t25-,26+,27+,29+;/m1./s1. The molecule has 0 bridgehead atoms. The number of nitrogens with one attached hydrogen (secondary N) is 1. The van der Waals surface area contributed by atoms with Crippen LogP contribution in [0.15, 0.2) is 24.3 Å². The molecule has 0 radical (unpaired) electrons. The van der Waals surface area contributed by atoms with Gasteiger partial charge in [-0.25, -0.2) is 9.59 Å². The number of carbonyl (C=O) groups excluding carboxylic acids is 5. The lowest BCUT2D eigenvalue weighted by atomic mass is 9.88. The Morgan fingerprint density at radius 1 is 0.978 bits per heavy atom. The van der Waals surface area contributed by atoms with E-state index >= 15 is 0 Å². The van der Waals surface area contributed by atoms with Crippen molar-refractivity contribution >= 4 is 35.6 Å². The molecule has 3 rings (SSSR count). The number of esters is 1. The summed E-state index contributed by atoms with van der Waals surface area (Å²) in [6.45, 7) is 8.06. The number of Topliss-reactive ketones (excluding diaryl/α,β-unsaturated/α-hetero) is 1. The Balaban J connectivity index is 0.00000736. The molecule has 2 N–H and O–H groups in total. The zero-order chi connectivity index (χ0) is 33.3. The number of fused-ring (bicyclic) bond motifs is 1. The lowest BCUT2D eigenvalue weighted by Gasteiger charge is -2.31. The van der Waals surface area contributed by atoms with E-state index in [4.69, 9.17) is 14.6 Å². The van der Waals surface area contributed by atoms with Gasteiger partial charge < -0.3 is 29.7 Å². The number of aliphatic carboxylic acids is 1. The topological polar surface area (TPSA) is 160 Å². The average molecular weight is 646 g/mol. The fourth-order valence-electron chi connectivity index (χ4n) is 5.88. The van der Waals surface area contributed by atoms with Crippen LogP contribution in [0.2, 0.25) is 0 Å². The first kappa shape index (κ1) is 38.2. The first-order valence-corrected chi connectivity index (χ1v) is 15.8. The molecule has 2 aliphatic rings. The molecule has 0 aliphatic carbocycles. The molecule has 0 unspecified atom stereocenters. The summed E-state index contributed by atoms with van der Waals surface area (Å²) < 4.78 is 10.8. The van der Waals surface area contributed by atoms with Gasteiger partial charge in [-0.05, 0) is 42.2 Å². The van der Waals surface area contributed by atoms with Gasteiger partial charge in [0.1, 0.15) is 24.0 Å². The number of hydrogen-bond acceptors (Lipinski definition) is 8. The third-order valence-corrected chi connectivity index (χ3v) is 8.59. The molecule has 0 saturated carbocycles. The third-order valence-electron chi connectivity index (χ3n) is 8.59. The number of unbranched alkanes of at least 4 members (excludes halogenated alkanes) is 1. The molecule has 2 heterocycles. The van der Waals surface area contributed by atoms with E-state index in [2.05, 4.69) is 5.32 Å². The Kier molecular flexibility index (Phi) is 14.7. The van der Waals surface area contributed by atoms with Gasteiger partial charge in [0.2, 0.25) is 11.8 Å². The molecule has 1 fully saturated rings. The molecule has 256 valence electrons. The molecular formula is C34H51N3O9. The molecule has 4 atom stereocenters. The van der Waals surface area contributed by atoms with Gasteiger partial charge in [-0.1, -0.05) is 59.4 Å². The first-order chi connectivity index (χ1) is 21.3. The fourth-order valence-corrected chi connectivity index (χ4v) is 5.88. The van der Waals surface area contributed by atoms with Crippen molar-refractivity contribution in [1.82, 2.24) is 15.1 Å². The van der Waals surface area contributed by atoms with Crippen molar-refractivity contribution < 1.29 is 43.3 Å². The van der Waals surface area contributed by atoms with Crippen LogP contribution >= 0.6 is 0 Å². The number of ether oxygens (including phenoxy) is 2. The van der Waals surface area contributed by atoms with Crippen LogP contribution in [0.5, 0.6) is 0 Å². The van der Waals surface area contributed by atoms with Gasteiger partial charge in [-0.15, -0.1) is 0 Å². The third kappa shape index (κ3) is 10.3. The smallest absolute Gasteiger partial charge is 0.410 e. The van der Waals surface area contributed by atoms with Crippen LogP contribution in [-0.4, -0.2) is 88.9 Å². The van der Waals surface area contributed by atoms with Gasteiger partial charge in [0.25, 0.3) is 0 Å². The maximum absolute atomic E-state index is 13.9. The molecule has 2 aliphatic heterocycles. The molecule has 46 heavy (non-hydrogen) atoms. The molecule has 1 saturated heterocycles. The molecule has 1 aromatic carbocycles. The number of likely N-dealkylation sites (tertiary alicyclic amines) is 1. The molecule has 12 heteroatoms. The van der Waals surface area contributed by atoms with Crippen LogP contribution in [0.3, 0.4) is 0 Å². The number of ketones is 1. The minimum Gasteiger partial charge on any atom is -0.481 e. The highest BCUT2D eigenvalue weighted by Crippen LogP contribution is 2.27. The Hall–Kier alpha value is -3.96. The second-order valence-electron chi connectivity index (χ2n) is 12.6. The maximum atomic E-state index is 13.9. The Morgan fingerprint density at radius 3 is 2.24 bits per heavy atom. The van der Waals surface area contributed by atoms with Gasteiger partial charge in [0.15, 0.2) is 0 Å². The second-order valence-corrected chi connectivity index (χ2v) is 12.6. The summed E-state index contributed by atoms with van der Waals surface area (Å²) in [7, 11) is 1.23. The minimum absolute atomic E-state index is 0. The van der Waals surface area contributed by atoms with Crippen molar-refractivity contribution in [1.29, 1.82) is 0 Å². The fraction of sp³-hybridized carbons (Fsp3) is 0.647. The lowest BCUT2D eigenvalue weighted by Crippen LogP contribution is -2.55. The highest BCUT2D eigenvalue weighted by molar-refractivity contribution is 5.93. The summed E-state index contributed by atoms with van der Waals surface area (Å²) in [5.41, 5.74) is 2.23. The number of hydrogen-bond donors (Lipinski definition) is 2. The van der Waals surface area contributed by atoms with Gasteiger partial charge in [-0.2, -0.15) is 0 Å². The quantitative estimate of drug-likeness (QED) is 0.225. The molecule has 0 aromatic heterocycles. The summed E-state index contributed by atoms with van der Waals surface area (Å²) in [6, 6.07) is 5.91. The number of nitrogens with zero attached hydrogens (tertiary/aromatic N) is 2. The van der Waals surface area contributed by atoms with Gasteiger partial charge in [0, 0.05) is 44.7 Å². The van der Waals surface area contributed by atoms with Gasteiger partial charge in [0.05, 0.1) is 13.7 Å². The van der Waals surface area contributed by atoms with E-state index in [9.17, 15) is 28.8 Å². The monoisotopic (exact) mass is 645 g/mol. The van der Waals surface area contributed by atoms with E-state index in [-0.39, 0.29) is 57.3 Å². The number of amides is 3. The lowest BCUT2D eigenvalue weighted by molar-refractivity contribution is -0.152. The van der Waals surface area contributed by atoms with Crippen LogP contribution in [-0.2, 0) is 46.4 Å².